The van der Waals surface area contributed by atoms with Crippen molar-refractivity contribution in [1.82, 2.24) is 0 Å². The summed E-state index contributed by atoms with van der Waals surface area (Å²) in [4.78, 5) is 0. The minimum absolute atomic E-state index is 0.107. The molecule has 6 nitrogen and oxygen atoms in total. The van der Waals surface area contributed by atoms with Crippen molar-refractivity contribution in [2.75, 3.05) is 13.2 Å². The molecule has 0 amide bonds. The van der Waals surface area contributed by atoms with E-state index in [0.29, 0.717) is 13.2 Å². The van der Waals surface area contributed by atoms with Gasteiger partial charge in [-0.1, -0.05) is 12.8 Å². The predicted octanol–water partition coefficient (Wildman–Crippen LogP) is 3.27. The largest absolute Gasteiger partial charge is 0.373 e. The lowest BCUT2D eigenvalue weighted by Gasteiger charge is -2.35. The second-order valence-corrected chi connectivity index (χ2v) is 8.50. The molecule has 2 spiro atoms. The summed E-state index contributed by atoms with van der Waals surface area (Å²) >= 11 is 0. The summed E-state index contributed by atoms with van der Waals surface area (Å²) in [5, 5.41) is 0. The fourth-order valence-corrected chi connectivity index (χ4v) is 5.46. The van der Waals surface area contributed by atoms with Gasteiger partial charge in [-0.3, -0.25) is 0 Å². The van der Waals surface area contributed by atoms with E-state index in [9.17, 15) is 0 Å². The maximum Gasteiger partial charge on any atom is 0.190 e. The standard InChI is InChI=1S/C20H32O6/c1-2-21-16-15(14-13-22-19(24-14)9-5-3-6-10-19)23-18-17(16)25-20(26-18)11-7-4-8-12-20/h14-18H,2-13H2,1H3/t14-,15+,16-,17+,18+/m0/s1. The summed E-state index contributed by atoms with van der Waals surface area (Å²) in [6.45, 7) is 3.22. The van der Waals surface area contributed by atoms with Crippen molar-refractivity contribution in [3.63, 3.8) is 0 Å². The fraction of sp³-hybridized carbons (Fsp3) is 1.00. The average molecular weight is 368 g/mol. The molecule has 5 rings (SSSR count). The quantitative estimate of drug-likeness (QED) is 0.762. The van der Waals surface area contributed by atoms with Crippen molar-refractivity contribution in [3.05, 3.63) is 0 Å². The number of hydrogen-bond donors (Lipinski definition) is 0. The van der Waals surface area contributed by atoms with Crippen LogP contribution in [-0.2, 0) is 28.4 Å². The van der Waals surface area contributed by atoms with Crippen molar-refractivity contribution in [2.24, 2.45) is 0 Å². The van der Waals surface area contributed by atoms with E-state index in [1.54, 1.807) is 0 Å². The summed E-state index contributed by atoms with van der Waals surface area (Å²) < 4.78 is 37.7. The van der Waals surface area contributed by atoms with Crippen LogP contribution in [0.4, 0.5) is 0 Å². The zero-order valence-electron chi connectivity index (χ0n) is 15.8. The van der Waals surface area contributed by atoms with Gasteiger partial charge >= 0.3 is 0 Å². The van der Waals surface area contributed by atoms with Gasteiger partial charge in [-0.25, -0.2) is 0 Å². The fourth-order valence-electron chi connectivity index (χ4n) is 5.46. The summed E-state index contributed by atoms with van der Waals surface area (Å²) in [5.74, 6) is -0.849. The minimum atomic E-state index is -0.453. The van der Waals surface area contributed by atoms with E-state index in [1.807, 2.05) is 6.92 Å². The van der Waals surface area contributed by atoms with E-state index >= 15 is 0 Å². The van der Waals surface area contributed by atoms with Crippen LogP contribution in [0.25, 0.3) is 0 Å². The van der Waals surface area contributed by atoms with Crippen LogP contribution in [0.1, 0.15) is 71.1 Å². The zero-order valence-corrected chi connectivity index (χ0v) is 15.8. The second kappa shape index (κ2) is 6.98. The molecule has 148 valence electrons. The first-order valence-electron chi connectivity index (χ1n) is 10.7. The smallest absolute Gasteiger partial charge is 0.190 e. The number of rotatable bonds is 3. The molecule has 0 radical (unpaired) electrons. The van der Waals surface area contributed by atoms with E-state index in [4.69, 9.17) is 28.4 Å². The number of hydrogen-bond acceptors (Lipinski definition) is 6. The van der Waals surface area contributed by atoms with E-state index in [0.717, 1.165) is 38.5 Å². The van der Waals surface area contributed by atoms with E-state index < -0.39 is 11.6 Å². The van der Waals surface area contributed by atoms with Crippen LogP contribution in [0, 0.1) is 0 Å². The lowest BCUT2D eigenvalue weighted by molar-refractivity contribution is -0.262. The first-order chi connectivity index (χ1) is 12.7. The molecular weight excluding hydrogens is 336 g/mol. The highest BCUT2D eigenvalue weighted by Gasteiger charge is 2.61. The van der Waals surface area contributed by atoms with Crippen LogP contribution in [-0.4, -0.2) is 55.5 Å². The van der Waals surface area contributed by atoms with Gasteiger partial charge in [-0.05, 0) is 32.6 Å². The maximum absolute atomic E-state index is 6.44. The molecule has 26 heavy (non-hydrogen) atoms. The van der Waals surface area contributed by atoms with Gasteiger partial charge in [-0.2, -0.15) is 0 Å². The lowest BCUT2D eigenvalue weighted by Crippen LogP contribution is -2.45. The molecule has 0 bridgehead atoms. The molecule has 0 unspecified atom stereocenters. The van der Waals surface area contributed by atoms with Crippen molar-refractivity contribution in [1.29, 1.82) is 0 Å². The first kappa shape index (κ1) is 17.8. The molecule has 6 heteroatoms. The highest BCUT2D eigenvalue weighted by atomic mass is 16.9. The van der Waals surface area contributed by atoms with Crippen LogP contribution in [0.5, 0.6) is 0 Å². The van der Waals surface area contributed by atoms with Gasteiger partial charge in [0.05, 0.1) is 6.61 Å². The Morgan fingerprint density at radius 3 is 2.19 bits per heavy atom. The van der Waals surface area contributed by atoms with Gasteiger partial charge in [0.15, 0.2) is 17.9 Å². The highest BCUT2D eigenvalue weighted by molar-refractivity contribution is 5.01. The average Bonchev–Trinajstić information content (AvgIpc) is 3.30. The topological polar surface area (TPSA) is 55.4 Å². The van der Waals surface area contributed by atoms with E-state index in [2.05, 4.69) is 0 Å². The molecule has 2 saturated carbocycles. The molecule has 5 atom stereocenters. The lowest BCUT2D eigenvalue weighted by atomic mass is 9.94. The van der Waals surface area contributed by atoms with Crippen LogP contribution in [0.2, 0.25) is 0 Å². The van der Waals surface area contributed by atoms with Crippen molar-refractivity contribution >= 4 is 0 Å². The Labute approximate surface area is 155 Å². The number of fused-ring (bicyclic) bond motifs is 1. The third-order valence-corrected chi connectivity index (χ3v) is 6.72. The molecule has 0 aromatic carbocycles. The Kier molecular flexibility index (Phi) is 4.78. The molecule has 0 aromatic heterocycles. The maximum atomic E-state index is 6.44. The Balaban J connectivity index is 1.29. The van der Waals surface area contributed by atoms with Gasteiger partial charge in [0.25, 0.3) is 0 Å². The summed E-state index contributed by atoms with van der Waals surface area (Å²) in [5.41, 5.74) is 0. The predicted molar refractivity (Wildman–Crippen MR) is 92.5 cm³/mol. The Bertz CT molecular complexity index is 499. The molecule has 0 N–H and O–H groups in total. The Morgan fingerprint density at radius 2 is 1.50 bits per heavy atom. The van der Waals surface area contributed by atoms with Crippen LogP contribution >= 0.6 is 0 Å². The molecular formula is C20H32O6. The summed E-state index contributed by atoms with van der Waals surface area (Å²) in [7, 11) is 0. The second-order valence-electron chi connectivity index (χ2n) is 8.50. The SMILES string of the molecule is CCO[C@@H]1[C@H]2OC3(CCCCC3)O[C@H]2O[C@@H]1[C@@H]1COC2(CCCCC2)O1. The molecule has 3 saturated heterocycles. The monoisotopic (exact) mass is 368 g/mol. The zero-order chi connectivity index (χ0) is 17.6. The van der Waals surface area contributed by atoms with Crippen LogP contribution in [0.15, 0.2) is 0 Å². The van der Waals surface area contributed by atoms with Gasteiger partial charge < -0.3 is 28.4 Å². The van der Waals surface area contributed by atoms with Crippen LogP contribution in [0.3, 0.4) is 0 Å². The Morgan fingerprint density at radius 1 is 0.808 bits per heavy atom. The van der Waals surface area contributed by atoms with Gasteiger partial charge in [0.1, 0.15) is 24.4 Å². The highest BCUT2D eigenvalue weighted by Crippen LogP contribution is 2.48. The molecule has 3 heterocycles. The first-order valence-corrected chi connectivity index (χ1v) is 10.7. The van der Waals surface area contributed by atoms with Crippen molar-refractivity contribution in [3.8, 4) is 0 Å². The van der Waals surface area contributed by atoms with Gasteiger partial charge in [-0.15, -0.1) is 0 Å². The third kappa shape index (κ3) is 3.03. The van der Waals surface area contributed by atoms with Gasteiger partial charge in [0.2, 0.25) is 0 Å². The summed E-state index contributed by atoms with van der Waals surface area (Å²) in [6, 6.07) is 0. The molecule has 0 aromatic rings. The molecule has 5 fully saturated rings. The Hall–Kier alpha value is -0.240. The van der Waals surface area contributed by atoms with Crippen molar-refractivity contribution in [2.45, 2.75) is 113 Å². The van der Waals surface area contributed by atoms with E-state index in [1.165, 1.54) is 25.7 Å². The van der Waals surface area contributed by atoms with E-state index in [-0.39, 0.29) is 30.7 Å². The minimum Gasteiger partial charge on any atom is -0.373 e. The van der Waals surface area contributed by atoms with Gasteiger partial charge in [0, 0.05) is 32.3 Å². The summed E-state index contributed by atoms with van der Waals surface area (Å²) in [6.07, 6.45) is 10.1. The number of ether oxygens (including phenoxy) is 6. The third-order valence-electron chi connectivity index (χ3n) is 6.72. The molecule has 2 aliphatic carbocycles. The van der Waals surface area contributed by atoms with Crippen molar-refractivity contribution < 1.29 is 28.4 Å². The van der Waals surface area contributed by atoms with Crippen LogP contribution < -0.4 is 0 Å². The molecule has 5 aliphatic rings. The normalized spacial score (nSPS) is 44.0. The molecule has 3 aliphatic heterocycles.